The molecule has 0 saturated carbocycles. The SMILES string of the molecule is COc1ccc(C2(C)C=CC=C(N)C2)cc1. The zero-order valence-corrected chi connectivity index (χ0v) is 9.73. The quantitative estimate of drug-likeness (QED) is 0.823. The Kier molecular flexibility index (Phi) is 2.73. The smallest absolute Gasteiger partial charge is 0.118 e. The van der Waals surface area contributed by atoms with Crippen LogP contribution in [-0.4, -0.2) is 7.11 Å². The van der Waals surface area contributed by atoms with Gasteiger partial charge in [-0.2, -0.15) is 0 Å². The van der Waals surface area contributed by atoms with Gasteiger partial charge in [0.25, 0.3) is 0 Å². The van der Waals surface area contributed by atoms with Gasteiger partial charge in [-0.1, -0.05) is 31.2 Å². The van der Waals surface area contributed by atoms with Crippen LogP contribution in [0.5, 0.6) is 5.75 Å². The minimum atomic E-state index is 0.00506. The molecule has 2 rings (SSSR count). The fraction of sp³-hybridized carbons (Fsp3) is 0.286. The number of rotatable bonds is 2. The number of hydrogen-bond donors (Lipinski definition) is 1. The van der Waals surface area contributed by atoms with Gasteiger partial charge in [-0.05, 0) is 30.2 Å². The van der Waals surface area contributed by atoms with E-state index < -0.39 is 0 Å². The lowest BCUT2D eigenvalue weighted by molar-refractivity contribution is 0.414. The van der Waals surface area contributed by atoms with Crippen LogP contribution in [0.4, 0.5) is 0 Å². The van der Waals surface area contributed by atoms with E-state index in [0.717, 1.165) is 17.9 Å². The minimum absolute atomic E-state index is 0.00506. The van der Waals surface area contributed by atoms with Crippen molar-refractivity contribution in [1.29, 1.82) is 0 Å². The summed E-state index contributed by atoms with van der Waals surface area (Å²) >= 11 is 0. The standard InChI is InChI=1S/C14H17NO/c1-14(9-3-4-12(15)10-14)11-5-7-13(16-2)8-6-11/h3-9H,10,15H2,1-2H3. The molecule has 2 heteroatoms. The van der Waals surface area contributed by atoms with Crippen LogP contribution in [0.3, 0.4) is 0 Å². The van der Waals surface area contributed by atoms with Crippen molar-refractivity contribution in [2.24, 2.45) is 5.73 Å². The van der Waals surface area contributed by atoms with E-state index >= 15 is 0 Å². The molecular formula is C14H17NO. The lowest BCUT2D eigenvalue weighted by Crippen LogP contribution is -2.24. The number of allylic oxidation sites excluding steroid dienone is 4. The number of hydrogen-bond acceptors (Lipinski definition) is 2. The van der Waals surface area contributed by atoms with Crippen LogP contribution < -0.4 is 10.5 Å². The summed E-state index contributed by atoms with van der Waals surface area (Å²) in [6, 6.07) is 8.18. The van der Waals surface area contributed by atoms with Gasteiger partial charge in [-0.15, -0.1) is 0 Å². The topological polar surface area (TPSA) is 35.2 Å². The molecule has 0 saturated heterocycles. The first-order valence-electron chi connectivity index (χ1n) is 5.42. The fourth-order valence-electron chi connectivity index (χ4n) is 2.10. The second-order valence-corrected chi connectivity index (χ2v) is 4.42. The maximum Gasteiger partial charge on any atom is 0.118 e. The predicted octanol–water partition coefficient (Wildman–Crippen LogP) is 2.76. The first kappa shape index (κ1) is 10.8. The van der Waals surface area contributed by atoms with Crippen molar-refractivity contribution in [3.8, 4) is 5.75 Å². The molecule has 1 aliphatic carbocycles. The highest BCUT2D eigenvalue weighted by Crippen LogP contribution is 2.34. The highest BCUT2D eigenvalue weighted by molar-refractivity contribution is 5.39. The van der Waals surface area contributed by atoms with Gasteiger partial charge in [0.2, 0.25) is 0 Å². The average Bonchev–Trinajstić information content (AvgIpc) is 2.29. The van der Waals surface area contributed by atoms with Crippen LogP contribution in [0.25, 0.3) is 0 Å². The molecule has 0 amide bonds. The van der Waals surface area contributed by atoms with Crippen molar-refractivity contribution < 1.29 is 4.74 Å². The second-order valence-electron chi connectivity index (χ2n) is 4.42. The molecule has 16 heavy (non-hydrogen) atoms. The van der Waals surface area contributed by atoms with Gasteiger partial charge in [-0.25, -0.2) is 0 Å². The summed E-state index contributed by atoms with van der Waals surface area (Å²) in [5.41, 5.74) is 8.09. The molecule has 0 aliphatic heterocycles. The normalized spacial score (nSPS) is 24.0. The lowest BCUT2D eigenvalue weighted by Gasteiger charge is -2.29. The Morgan fingerprint density at radius 2 is 1.94 bits per heavy atom. The first-order chi connectivity index (χ1) is 7.64. The zero-order chi connectivity index (χ0) is 11.6. The summed E-state index contributed by atoms with van der Waals surface area (Å²) in [5, 5.41) is 0. The molecule has 0 radical (unpaired) electrons. The van der Waals surface area contributed by atoms with Crippen molar-refractivity contribution >= 4 is 0 Å². The van der Waals surface area contributed by atoms with E-state index in [1.54, 1.807) is 7.11 Å². The third-order valence-corrected chi connectivity index (χ3v) is 3.10. The van der Waals surface area contributed by atoms with Crippen molar-refractivity contribution in [3.63, 3.8) is 0 Å². The number of nitrogens with two attached hydrogens (primary N) is 1. The molecule has 84 valence electrons. The zero-order valence-electron chi connectivity index (χ0n) is 9.73. The lowest BCUT2D eigenvalue weighted by atomic mass is 9.76. The summed E-state index contributed by atoms with van der Waals surface area (Å²) in [6.45, 7) is 2.20. The van der Waals surface area contributed by atoms with Crippen molar-refractivity contribution in [1.82, 2.24) is 0 Å². The van der Waals surface area contributed by atoms with Gasteiger partial charge < -0.3 is 10.5 Å². The molecule has 0 heterocycles. The van der Waals surface area contributed by atoms with Crippen LogP contribution in [0.1, 0.15) is 18.9 Å². The molecule has 1 aromatic carbocycles. The van der Waals surface area contributed by atoms with E-state index in [1.165, 1.54) is 5.56 Å². The van der Waals surface area contributed by atoms with Crippen molar-refractivity contribution in [2.75, 3.05) is 7.11 Å². The number of methoxy groups -OCH3 is 1. The van der Waals surface area contributed by atoms with E-state index in [2.05, 4.69) is 25.1 Å². The highest BCUT2D eigenvalue weighted by Gasteiger charge is 2.25. The third kappa shape index (κ3) is 1.96. The maximum absolute atomic E-state index is 5.89. The van der Waals surface area contributed by atoms with Crippen molar-refractivity contribution in [3.05, 3.63) is 53.8 Å². The van der Waals surface area contributed by atoms with Gasteiger partial charge in [0.1, 0.15) is 5.75 Å². The number of ether oxygens (including phenoxy) is 1. The monoisotopic (exact) mass is 215 g/mol. The average molecular weight is 215 g/mol. The summed E-state index contributed by atoms with van der Waals surface area (Å²) in [5.74, 6) is 0.885. The molecule has 0 aromatic heterocycles. The van der Waals surface area contributed by atoms with E-state index in [0.29, 0.717) is 0 Å². The number of benzene rings is 1. The highest BCUT2D eigenvalue weighted by atomic mass is 16.5. The van der Waals surface area contributed by atoms with Crippen LogP contribution >= 0.6 is 0 Å². The maximum atomic E-state index is 5.89. The molecule has 2 nitrogen and oxygen atoms in total. The molecule has 0 fully saturated rings. The van der Waals surface area contributed by atoms with E-state index in [9.17, 15) is 0 Å². The molecule has 0 bridgehead atoms. The van der Waals surface area contributed by atoms with Crippen LogP contribution in [0, 0.1) is 0 Å². The van der Waals surface area contributed by atoms with Crippen LogP contribution in [-0.2, 0) is 5.41 Å². The van der Waals surface area contributed by atoms with Gasteiger partial charge in [0, 0.05) is 11.1 Å². The van der Waals surface area contributed by atoms with Crippen LogP contribution in [0.2, 0.25) is 0 Å². The summed E-state index contributed by atoms with van der Waals surface area (Å²) < 4.78 is 5.16. The van der Waals surface area contributed by atoms with Gasteiger partial charge in [0.05, 0.1) is 7.11 Å². The van der Waals surface area contributed by atoms with Gasteiger partial charge in [0.15, 0.2) is 0 Å². The summed E-state index contributed by atoms with van der Waals surface area (Å²) in [7, 11) is 1.68. The summed E-state index contributed by atoms with van der Waals surface area (Å²) in [6.07, 6.45) is 7.06. The van der Waals surface area contributed by atoms with E-state index in [1.807, 2.05) is 24.3 Å². The fourth-order valence-corrected chi connectivity index (χ4v) is 2.10. The Hall–Kier alpha value is -1.70. The van der Waals surface area contributed by atoms with Crippen LogP contribution in [0.15, 0.2) is 48.2 Å². The molecule has 2 N–H and O–H groups in total. The molecule has 0 spiro atoms. The molecule has 1 unspecified atom stereocenters. The Morgan fingerprint density at radius 3 is 2.50 bits per heavy atom. The Morgan fingerprint density at radius 1 is 1.25 bits per heavy atom. The second kappa shape index (κ2) is 4.05. The molecule has 1 atom stereocenters. The van der Waals surface area contributed by atoms with Gasteiger partial charge >= 0.3 is 0 Å². The minimum Gasteiger partial charge on any atom is -0.497 e. The Bertz CT molecular complexity index is 431. The van der Waals surface area contributed by atoms with E-state index in [-0.39, 0.29) is 5.41 Å². The summed E-state index contributed by atoms with van der Waals surface area (Å²) in [4.78, 5) is 0. The largest absolute Gasteiger partial charge is 0.497 e. The molecular weight excluding hydrogens is 198 g/mol. The predicted molar refractivity (Wildman–Crippen MR) is 66.4 cm³/mol. The Balaban J connectivity index is 2.30. The van der Waals surface area contributed by atoms with E-state index in [4.69, 9.17) is 10.5 Å². The van der Waals surface area contributed by atoms with Gasteiger partial charge in [-0.3, -0.25) is 0 Å². The molecule has 1 aromatic rings. The first-order valence-corrected chi connectivity index (χ1v) is 5.42. The Labute approximate surface area is 96.4 Å². The third-order valence-electron chi connectivity index (χ3n) is 3.10. The molecule has 1 aliphatic rings. The van der Waals surface area contributed by atoms with Crippen molar-refractivity contribution in [2.45, 2.75) is 18.8 Å².